The average Bonchev–Trinajstić information content (AvgIpc) is 2.44. The Morgan fingerprint density at radius 1 is 1.25 bits per heavy atom. The van der Waals surface area contributed by atoms with E-state index in [-0.39, 0.29) is 5.60 Å². The van der Waals surface area contributed by atoms with Crippen LogP contribution in [0.4, 0.5) is 0 Å². The monoisotopic (exact) mass is 341 g/mol. The van der Waals surface area contributed by atoms with Gasteiger partial charge in [0.2, 0.25) is 0 Å². The topological polar surface area (TPSA) is 21.3 Å². The number of benzene rings is 1. The Kier molecular flexibility index (Phi) is 7.78. The van der Waals surface area contributed by atoms with E-state index in [0.29, 0.717) is 6.04 Å². The first-order valence-electron chi connectivity index (χ1n) is 7.50. The van der Waals surface area contributed by atoms with Gasteiger partial charge in [-0.25, -0.2) is 0 Å². The molecule has 0 aliphatic rings. The van der Waals surface area contributed by atoms with Crippen molar-refractivity contribution in [1.29, 1.82) is 0 Å². The summed E-state index contributed by atoms with van der Waals surface area (Å²) in [5.74, 6) is 0. The summed E-state index contributed by atoms with van der Waals surface area (Å²) in [5.41, 5.74) is 1.35. The predicted molar refractivity (Wildman–Crippen MR) is 90.2 cm³/mol. The second-order valence-corrected chi connectivity index (χ2v) is 6.90. The van der Waals surface area contributed by atoms with Crippen LogP contribution in [-0.4, -0.2) is 25.3 Å². The quantitative estimate of drug-likeness (QED) is 0.710. The second-order valence-electron chi connectivity index (χ2n) is 5.98. The molecule has 20 heavy (non-hydrogen) atoms. The third-order valence-electron chi connectivity index (χ3n) is 3.73. The Labute approximate surface area is 132 Å². The van der Waals surface area contributed by atoms with Crippen molar-refractivity contribution in [3.63, 3.8) is 0 Å². The molecule has 3 heteroatoms. The Bertz CT molecular complexity index is 375. The molecule has 2 nitrogen and oxygen atoms in total. The van der Waals surface area contributed by atoms with Gasteiger partial charge < -0.3 is 10.1 Å². The first-order valence-corrected chi connectivity index (χ1v) is 8.29. The summed E-state index contributed by atoms with van der Waals surface area (Å²) >= 11 is 3.49. The predicted octanol–water partition coefficient (Wildman–Crippen LogP) is 4.57. The van der Waals surface area contributed by atoms with Crippen molar-refractivity contribution in [3.05, 3.63) is 34.3 Å². The number of hydrogen-bond acceptors (Lipinski definition) is 2. The van der Waals surface area contributed by atoms with Crippen molar-refractivity contribution in [3.8, 4) is 0 Å². The molecule has 1 aromatic carbocycles. The summed E-state index contributed by atoms with van der Waals surface area (Å²) in [4.78, 5) is 0. The maximum atomic E-state index is 5.52. The number of rotatable bonds is 9. The van der Waals surface area contributed by atoms with Gasteiger partial charge in [-0.05, 0) is 63.8 Å². The summed E-state index contributed by atoms with van der Waals surface area (Å²) in [6.45, 7) is 7.60. The van der Waals surface area contributed by atoms with E-state index in [1.54, 1.807) is 7.11 Å². The van der Waals surface area contributed by atoms with E-state index in [2.05, 4.69) is 66.3 Å². The van der Waals surface area contributed by atoms with E-state index < -0.39 is 0 Å². The van der Waals surface area contributed by atoms with E-state index in [0.717, 1.165) is 30.3 Å². The molecule has 0 bridgehead atoms. The summed E-state index contributed by atoms with van der Waals surface area (Å²) in [7, 11) is 1.79. The molecule has 0 radical (unpaired) electrons. The third kappa shape index (κ3) is 6.87. The van der Waals surface area contributed by atoms with Crippen LogP contribution in [-0.2, 0) is 11.2 Å². The van der Waals surface area contributed by atoms with Crippen molar-refractivity contribution >= 4 is 15.9 Å². The Hall–Kier alpha value is -0.380. The molecule has 1 N–H and O–H groups in total. The smallest absolute Gasteiger partial charge is 0.0623 e. The molecule has 0 spiro atoms. The highest BCUT2D eigenvalue weighted by molar-refractivity contribution is 9.10. The van der Waals surface area contributed by atoms with Gasteiger partial charge in [-0.15, -0.1) is 0 Å². The first-order chi connectivity index (χ1) is 9.46. The number of hydrogen-bond donors (Lipinski definition) is 1. The number of methoxy groups -OCH3 is 1. The van der Waals surface area contributed by atoms with Crippen LogP contribution in [0.25, 0.3) is 0 Å². The fraction of sp³-hybridized carbons (Fsp3) is 0.647. The van der Waals surface area contributed by atoms with E-state index >= 15 is 0 Å². The fourth-order valence-corrected chi connectivity index (χ4v) is 2.42. The molecule has 1 atom stereocenters. The van der Waals surface area contributed by atoms with Gasteiger partial charge in [-0.3, -0.25) is 0 Å². The van der Waals surface area contributed by atoms with Crippen molar-refractivity contribution in [1.82, 2.24) is 5.32 Å². The molecular formula is C17H28BrNO. The van der Waals surface area contributed by atoms with Gasteiger partial charge >= 0.3 is 0 Å². The molecular weight excluding hydrogens is 314 g/mol. The standard InChI is InChI=1S/C17H28BrNO/c1-5-12-19-16(10-11-17(2,3)20-4)13-14-6-8-15(18)9-7-14/h6-9,16,19H,5,10-13H2,1-4H3. The van der Waals surface area contributed by atoms with E-state index in [1.165, 1.54) is 12.0 Å². The lowest BCUT2D eigenvalue weighted by molar-refractivity contribution is 0.0117. The minimum absolute atomic E-state index is 0.0359. The zero-order valence-electron chi connectivity index (χ0n) is 13.2. The normalized spacial score (nSPS) is 13.4. The molecule has 1 rings (SSSR count). The van der Waals surface area contributed by atoms with Gasteiger partial charge in [-0.1, -0.05) is 35.0 Å². The van der Waals surface area contributed by atoms with Crippen LogP contribution in [0.15, 0.2) is 28.7 Å². The van der Waals surface area contributed by atoms with Crippen LogP contribution in [0.5, 0.6) is 0 Å². The highest BCUT2D eigenvalue weighted by Gasteiger charge is 2.19. The number of nitrogens with one attached hydrogen (secondary N) is 1. The van der Waals surface area contributed by atoms with Gasteiger partial charge in [0.05, 0.1) is 5.60 Å². The lowest BCUT2D eigenvalue weighted by atomic mass is 9.95. The number of ether oxygens (including phenoxy) is 1. The minimum Gasteiger partial charge on any atom is -0.379 e. The maximum Gasteiger partial charge on any atom is 0.0623 e. The highest BCUT2D eigenvalue weighted by Crippen LogP contribution is 2.19. The average molecular weight is 342 g/mol. The molecule has 1 unspecified atom stereocenters. The van der Waals surface area contributed by atoms with Crippen molar-refractivity contribution in [2.75, 3.05) is 13.7 Å². The summed E-state index contributed by atoms with van der Waals surface area (Å²) < 4.78 is 6.66. The largest absolute Gasteiger partial charge is 0.379 e. The van der Waals surface area contributed by atoms with E-state index in [9.17, 15) is 0 Å². The van der Waals surface area contributed by atoms with Crippen molar-refractivity contribution in [2.45, 2.75) is 58.1 Å². The highest BCUT2D eigenvalue weighted by atomic mass is 79.9. The summed E-state index contributed by atoms with van der Waals surface area (Å²) in [5, 5.41) is 3.66. The summed E-state index contributed by atoms with van der Waals surface area (Å²) in [6, 6.07) is 9.15. The lowest BCUT2D eigenvalue weighted by Gasteiger charge is -2.26. The molecule has 0 fully saturated rings. The van der Waals surface area contributed by atoms with E-state index in [4.69, 9.17) is 4.74 Å². The van der Waals surface area contributed by atoms with Crippen LogP contribution in [0.1, 0.15) is 45.6 Å². The minimum atomic E-state index is -0.0359. The third-order valence-corrected chi connectivity index (χ3v) is 4.25. The molecule has 0 saturated heterocycles. The van der Waals surface area contributed by atoms with Crippen LogP contribution in [0, 0.1) is 0 Å². The SMILES string of the molecule is CCCNC(CCC(C)(C)OC)Cc1ccc(Br)cc1. The Morgan fingerprint density at radius 2 is 1.90 bits per heavy atom. The molecule has 0 saturated carbocycles. The molecule has 114 valence electrons. The van der Waals surface area contributed by atoms with Crippen LogP contribution in [0.3, 0.4) is 0 Å². The van der Waals surface area contributed by atoms with Crippen molar-refractivity contribution < 1.29 is 4.74 Å². The zero-order chi connectivity index (χ0) is 15.0. The van der Waals surface area contributed by atoms with Crippen LogP contribution < -0.4 is 5.32 Å². The van der Waals surface area contributed by atoms with Gasteiger partial charge in [0.25, 0.3) is 0 Å². The van der Waals surface area contributed by atoms with Crippen LogP contribution in [0.2, 0.25) is 0 Å². The van der Waals surface area contributed by atoms with Gasteiger partial charge in [-0.2, -0.15) is 0 Å². The zero-order valence-corrected chi connectivity index (χ0v) is 14.8. The molecule has 0 heterocycles. The van der Waals surface area contributed by atoms with E-state index in [1.807, 2.05) is 0 Å². The summed E-state index contributed by atoms with van der Waals surface area (Å²) in [6.07, 6.45) is 4.45. The van der Waals surface area contributed by atoms with Gasteiger partial charge in [0, 0.05) is 17.6 Å². The second kappa shape index (κ2) is 8.81. The molecule has 0 aliphatic carbocycles. The van der Waals surface area contributed by atoms with Gasteiger partial charge in [0.15, 0.2) is 0 Å². The first kappa shape index (κ1) is 17.7. The van der Waals surface area contributed by atoms with Gasteiger partial charge in [0.1, 0.15) is 0 Å². The Balaban J connectivity index is 2.57. The number of halogens is 1. The Morgan fingerprint density at radius 3 is 2.45 bits per heavy atom. The fourth-order valence-electron chi connectivity index (χ4n) is 2.15. The van der Waals surface area contributed by atoms with Crippen LogP contribution >= 0.6 is 15.9 Å². The molecule has 0 aromatic heterocycles. The van der Waals surface area contributed by atoms with Crippen molar-refractivity contribution in [2.24, 2.45) is 0 Å². The molecule has 0 amide bonds. The lowest BCUT2D eigenvalue weighted by Crippen LogP contribution is -2.34. The molecule has 0 aliphatic heterocycles. The maximum absolute atomic E-state index is 5.52. The molecule has 1 aromatic rings.